The van der Waals surface area contributed by atoms with E-state index in [2.05, 4.69) is 19.8 Å². The highest BCUT2D eigenvalue weighted by atomic mass is 19.4. The molecule has 0 saturated carbocycles. The minimum atomic E-state index is -4.62. The first kappa shape index (κ1) is 23.1. The van der Waals surface area contributed by atoms with Crippen molar-refractivity contribution < 1.29 is 31.4 Å². The van der Waals surface area contributed by atoms with Gasteiger partial charge in [-0.05, 0) is 30.7 Å². The molecule has 2 N–H and O–H groups in total. The molecule has 2 atom stereocenters. The summed E-state index contributed by atoms with van der Waals surface area (Å²) in [5.74, 6) is -1.64. The lowest BCUT2D eigenvalue weighted by Gasteiger charge is -2.38. The monoisotopic (exact) mass is 453 g/mol. The Balaban J connectivity index is 1.98. The van der Waals surface area contributed by atoms with Gasteiger partial charge in [0.15, 0.2) is 5.83 Å². The molecule has 1 aliphatic heterocycles. The molecule has 2 heterocycles. The summed E-state index contributed by atoms with van der Waals surface area (Å²) >= 11 is 0. The van der Waals surface area contributed by atoms with Crippen LogP contribution in [-0.4, -0.2) is 41.5 Å². The van der Waals surface area contributed by atoms with Gasteiger partial charge in [0.05, 0.1) is 6.20 Å². The number of amidine groups is 1. The van der Waals surface area contributed by atoms with Crippen LogP contribution in [0, 0.1) is 12.4 Å². The van der Waals surface area contributed by atoms with Crippen molar-refractivity contribution in [3.63, 3.8) is 0 Å². The normalized spacial score (nSPS) is 21.5. The van der Waals surface area contributed by atoms with Crippen LogP contribution < -0.4 is 5.73 Å². The third-order valence-electron chi connectivity index (χ3n) is 4.63. The lowest BCUT2D eigenvalue weighted by atomic mass is 9.85. The van der Waals surface area contributed by atoms with E-state index in [1.54, 1.807) is 0 Å². The topological polar surface area (TPSA) is 87.0 Å². The first-order valence-electron chi connectivity index (χ1n) is 9.05. The maximum atomic E-state index is 14.7. The fraction of sp³-hybridized carbons (Fsp3) is 0.300. The Morgan fingerprint density at radius 3 is 2.75 bits per heavy atom. The first-order valence-corrected chi connectivity index (χ1v) is 9.05. The summed E-state index contributed by atoms with van der Waals surface area (Å²) in [5.41, 5.74) is 3.76. The van der Waals surface area contributed by atoms with E-state index in [1.165, 1.54) is 19.1 Å². The van der Waals surface area contributed by atoms with Crippen molar-refractivity contribution >= 4 is 23.7 Å². The average Bonchev–Trinajstić information content (AvgIpc) is 2.73. The summed E-state index contributed by atoms with van der Waals surface area (Å²) < 4.78 is 77.2. The predicted octanol–water partition coefficient (Wildman–Crippen LogP) is 4.14. The van der Waals surface area contributed by atoms with Crippen molar-refractivity contribution in [1.29, 1.82) is 0 Å². The predicted molar refractivity (Wildman–Crippen MR) is 104 cm³/mol. The van der Waals surface area contributed by atoms with Crippen LogP contribution in [-0.2, 0) is 15.0 Å². The maximum Gasteiger partial charge on any atom is 0.411 e. The maximum absolute atomic E-state index is 14.7. The van der Waals surface area contributed by atoms with Crippen molar-refractivity contribution in [3.8, 4) is 0 Å². The van der Waals surface area contributed by atoms with Crippen molar-refractivity contribution in [2.45, 2.75) is 24.7 Å². The van der Waals surface area contributed by atoms with Gasteiger partial charge in [-0.15, -0.1) is 4.98 Å². The molecule has 0 unspecified atom stereocenters. The second-order valence-electron chi connectivity index (χ2n) is 6.93. The van der Waals surface area contributed by atoms with E-state index in [4.69, 9.17) is 21.8 Å². The second-order valence-corrected chi connectivity index (χ2v) is 6.93. The van der Waals surface area contributed by atoms with Gasteiger partial charge in [-0.2, -0.15) is 13.2 Å². The minimum absolute atomic E-state index is 0.0154. The van der Waals surface area contributed by atoms with Gasteiger partial charge in [-0.25, -0.2) is 13.8 Å². The molecule has 1 aromatic carbocycles. The molecule has 0 amide bonds. The van der Waals surface area contributed by atoms with E-state index in [0.717, 1.165) is 24.5 Å². The van der Waals surface area contributed by atoms with Gasteiger partial charge >= 0.3 is 6.18 Å². The number of hydrogen-bond acceptors (Lipinski definition) is 6. The Kier molecular flexibility index (Phi) is 6.40. The molecular weight excluding hydrogens is 437 g/mol. The molecular formula is C20H16F5N5O2. The fourth-order valence-corrected chi connectivity index (χ4v) is 3.04. The number of nitrogens with zero attached hydrogens (tertiary/aromatic N) is 4. The van der Waals surface area contributed by atoms with E-state index in [-0.39, 0.29) is 28.7 Å². The summed E-state index contributed by atoms with van der Waals surface area (Å²) in [6.45, 7) is 6.19. The van der Waals surface area contributed by atoms with E-state index in [1.807, 2.05) is 0 Å². The Morgan fingerprint density at radius 1 is 1.38 bits per heavy atom. The average molecular weight is 453 g/mol. The Bertz CT molecular complexity index is 1100. The van der Waals surface area contributed by atoms with Gasteiger partial charge in [0.2, 0.25) is 0 Å². The van der Waals surface area contributed by atoms with Crippen LogP contribution in [0.25, 0.3) is 16.7 Å². The second kappa shape index (κ2) is 8.88. The van der Waals surface area contributed by atoms with Gasteiger partial charge in [-0.1, -0.05) is 12.6 Å². The zero-order chi connectivity index (χ0) is 23.5. The van der Waals surface area contributed by atoms with Crippen molar-refractivity contribution in [3.05, 3.63) is 64.6 Å². The van der Waals surface area contributed by atoms with Gasteiger partial charge in [0.25, 0.3) is 11.8 Å². The molecule has 32 heavy (non-hydrogen) atoms. The Morgan fingerprint density at radius 2 is 2.12 bits per heavy atom. The molecule has 1 aromatic heterocycles. The summed E-state index contributed by atoms with van der Waals surface area (Å²) in [5, 5.41) is 0. The van der Waals surface area contributed by atoms with Crippen LogP contribution in [0.4, 0.5) is 27.8 Å². The molecule has 1 aliphatic rings. The lowest BCUT2D eigenvalue weighted by Crippen LogP contribution is -2.48. The number of halogens is 5. The highest BCUT2D eigenvalue weighted by molar-refractivity contribution is 5.76. The van der Waals surface area contributed by atoms with Crippen molar-refractivity contribution in [2.75, 3.05) is 13.2 Å². The van der Waals surface area contributed by atoms with Crippen LogP contribution in [0.2, 0.25) is 0 Å². The molecule has 0 bridgehead atoms. The van der Waals surface area contributed by atoms with Gasteiger partial charge in [0.1, 0.15) is 42.6 Å². The standard InChI is InChI=1S/C20H16F5N5O2/c1-19(16(9-31-18(26)30-19)32-10-20(23,24)25)12-5-11(3-4-13(12)21)6-14(22)15-7-29-17(27-2)8-28-15/h3-8,16H,9-10H2,1H3,(H2,26,30)/b14-6-/t16-,19+/m0/s1. The van der Waals surface area contributed by atoms with Crippen LogP contribution in [0.15, 0.2) is 35.6 Å². The number of rotatable bonds is 5. The number of benzene rings is 1. The number of hydrogen-bond donors (Lipinski definition) is 1. The quantitative estimate of drug-likeness (QED) is 0.543. The zero-order valence-electron chi connectivity index (χ0n) is 16.5. The third-order valence-corrected chi connectivity index (χ3v) is 4.63. The van der Waals surface area contributed by atoms with Crippen molar-refractivity contribution in [1.82, 2.24) is 9.97 Å². The Hall–Kier alpha value is -3.59. The van der Waals surface area contributed by atoms with Crippen LogP contribution in [0.3, 0.4) is 0 Å². The van der Waals surface area contributed by atoms with E-state index in [9.17, 15) is 22.0 Å². The molecule has 0 radical (unpaired) electrons. The molecule has 12 heteroatoms. The summed E-state index contributed by atoms with van der Waals surface area (Å²) in [7, 11) is 0. The van der Waals surface area contributed by atoms with E-state index in [0.29, 0.717) is 0 Å². The highest BCUT2D eigenvalue weighted by Crippen LogP contribution is 2.37. The van der Waals surface area contributed by atoms with E-state index >= 15 is 0 Å². The SMILES string of the molecule is [C-]#[N+]c1cnc(/C(F)=C/c2ccc(F)c([C@@]3(C)N=C(N)OC[C@@H]3OCC(F)(F)F)c2)cn1. The highest BCUT2D eigenvalue weighted by Gasteiger charge is 2.44. The van der Waals surface area contributed by atoms with Crippen LogP contribution >= 0.6 is 0 Å². The summed E-state index contributed by atoms with van der Waals surface area (Å²) in [6, 6.07) is 3.17. The molecule has 7 nitrogen and oxygen atoms in total. The summed E-state index contributed by atoms with van der Waals surface area (Å²) in [6.07, 6.45) is -2.75. The number of aliphatic imine (C=N–C) groups is 1. The molecule has 3 rings (SSSR count). The summed E-state index contributed by atoms with van der Waals surface area (Å²) in [4.78, 5) is 14.6. The Labute approximate surface area is 179 Å². The minimum Gasteiger partial charge on any atom is -0.463 e. The van der Waals surface area contributed by atoms with Crippen LogP contribution in [0.1, 0.15) is 23.7 Å². The molecule has 0 spiro atoms. The largest absolute Gasteiger partial charge is 0.463 e. The van der Waals surface area contributed by atoms with Gasteiger partial charge in [0, 0.05) is 5.56 Å². The van der Waals surface area contributed by atoms with Crippen LogP contribution in [0.5, 0.6) is 0 Å². The third kappa shape index (κ3) is 5.17. The lowest BCUT2D eigenvalue weighted by molar-refractivity contribution is -0.197. The number of nitrogens with two attached hydrogens (primary N) is 1. The van der Waals surface area contributed by atoms with E-state index < -0.39 is 42.7 Å². The molecule has 0 fully saturated rings. The fourth-order valence-electron chi connectivity index (χ4n) is 3.04. The number of alkyl halides is 3. The van der Waals surface area contributed by atoms with Crippen molar-refractivity contribution in [2.24, 2.45) is 10.7 Å². The number of aromatic nitrogens is 2. The molecule has 0 aliphatic carbocycles. The van der Waals surface area contributed by atoms with Gasteiger partial charge < -0.3 is 20.1 Å². The smallest absolute Gasteiger partial charge is 0.411 e. The first-order chi connectivity index (χ1) is 15.0. The zero-order valence-corrected chi connectivity index (χ0v) is 16.5. The van der Waals surface area contributed by atoms with Gasteiger partial charge in [-0.3, -0.25) is 4.98 Å². The number of ether oxygens (including phenoxy) is 2. The molecule has 168 valence electrons. The molecule has 0 saturated heterocycles. The molecule has 2 aromatic rings.